The molecule has 2 heterocycles. The number of urea groups is 1. The van der Waals surface area contributed by atoms with E-state index in [-0.39, 0.29) is 17.6 Å². The summed E-state index contributed by atoms with van der Waals surface area (Å²) in [6, 6.07) is 3.52. The Bertz CT molecular complexity index is 497. The average molecular weight is 291 g/mol. The van der Waals surface area contributed by atoms with E-state index in [0.717, 1.165) is 18.6 Å². The van der Waals surface area contributed by atoms with Gasteiger partial charge in [0, 0.05) is 25.3 Å². The molecule has 5 heteroatoms. The van der Waals surface area contributed by atoms with Crippen LogP contribution >= 0.6 is 0 Å². The average Bonchev–Trinajstić information content (AvgIpc) is 2.84. The van der Waals surface area contributed by atoms with E-state index in [0.29, 0.717) is 18.3 Å². The summed E-state index contributed by atoms with van der Waals surface area (Å²) >= 11 is 0. The minimum Gasteiger partial charge on any atom is -0.377 e. The highest BCUT2D eigenvalue weighted by atomic mass is 16.5. The van der Waals surface area contributed by atoms with Gasteiger partial charge in [0.1, 0.15) is 5.82 Å². The molecule has 0 bridgehead atoms. The van der Waals surface area contributed by atoms with E-state index < -0.39 is 0 Å². The third-order valence-corrected chi connectivity index (χ3v) is 3.75. The molecule has 0 spiro atoms. The standard InChI is InChI=1S/C16H25N3O2/c1-11-5-7-17-13(9-11)19-15(20)18-10-12-6-8-21-14(12)16(2,3)4/h5,7,9,12,14H,6,8,10H2,1-4H3,(H2,17,18,19,20)/t12-,14+/m1/s1. The molecule has 5 nitrogen and oxygen atoms in total. The third kappa shape index (κ3) is 4.43. The van der Waals surface area contributed by atoms with Crippen LogP contribution in [0.25, 0.3) is 0 Å². The van der Waals surface area contributed by atoms with E-state index in [1.165, 1.54) is 0 Å². The molecule has 116 valence electrons. The highest BCUT2D eigenvalue weighted by Crippen LogP contribution is 2.34. The number of hydrogen-bond acceptors (Lipinski definition) is 3. The zero-order chi connectivity index (χ0) is 15.5. The lowest BCUT2D eigenvalue weighted by atomic mass is 9.81. The Hall–Kier alpha value is -1.62. The highest BCUT2D eigenvalue weighted by molar-refractivity contribution is 5.88. The Morgan fingerprint density at radius 3 is 2.90 bits per heavy atom. The summed E-state index contributed by atoms with van der Waals surface area (Å²) in [5.41, 5.74) is 1.16. The summed E-state index contributed by atoms with van der Waals surface area (Å²) in [6.07, 6.45) is 2.87. The molecular weight excluding hydrogens is 266 g/mol. The molecule has 1 fully saturated rings. The maximum absolute atomic E-state index is 11.9. The third-order valence-electron chi connectivity index (χ3n) is 3.75. The van der Waals surface area contributed by atoms with Crippen LogP contribution in [0.3, 0.4) is 0 Å². The Balaban J connectivity index is 1.84. The van der Waals surface area contributed by atoms with Crippen molar-refractivity contribution in [3.63, 3.8) is 0 Å². The van der Waals surface area contributed by atoms with Gasteiger partial charge in [-0.3, -0.25) is 5.32 Å². The second-order valence-corrected chi connectivity index (χ2v) is 6.76. The first-order valence-electron chi connectivity index (χ1n) is 7.45. The fourth-order valence-corrected chi connectivity index (χ4v) is 2.79. The lowest BCUT2D eigenvalue weighted by Gasteiger charge is -2.31. The number of aromatic nitrogens is 1. The number of carbonyl (C=O) groups is 1. The Labute approximate surface area is 126 Å². The molecule has 2 rings (SSSR count). The normalized spacial score (nSPS) is 22.1. The first kappa shape index (κ1) is 15.8. The van der Waals surface area contributed by atoms with Crippen LogP contribution in [0.15, 0.2) is 18.3 Å². The van der Waals surface area contributed by atoms with Gasteiger partial charge in [-0.25, -0.2) is 9.78 Å². The molecule has 2 atom stereocenters. The Kier molecular flexibility index (Phi) is 4.83. The number of anilines is 1. The van der Waals surface area contributed by atoms with Gasteiger partial charge >= 0.3 is 6.03 Å². The van der Waals surface area contributed by atoms with Gasteiger partial charge in [-0.15, -0.1) is 0 Å². The van der Waals surface area contributed by atoms with Gasteiger partial charge in [-0.05, 0) is 36.5 Å². The number of ether oxygens (including phenoxy) is 1. The van der Waals surface area contributed by atoms with Crippen molar-refractivity contribution in [3.8, 4) is 0 Å². The Morgan fingerprint density at radius 2 is 2.24 bits per heavy atom. The number of hydrogen-bond donors (Lipinski definition) is 2. The molecule has 2 N–H and O–H groups in total. The van der Waals surface area contributed by atoms with Gasteiger partial charge in [0.15, 0.2) is 0 Å². The van der Waals surface area contributed by atoms with Crippen molar-refractivity contribution < 1.29 is 9.53 Å². The lowest BCUT2D eigenvalue weighted by molar-refractivity contribution is 0.00782. The quantitative estimate of drug-likeness (QED) is 0.900. The number of aryl methyl sites for hydroxylation is 1. The summed E-state index contributed by atoms with van der Waals surface area (Å²) in [5.74, 6) is 0.934. The smallest absolute Gasteiger partial charge is 0.320 e. The molecule has 1 saturated heterocycles. The number of amides is 2. The summed E-state index contributed by atoms with van der Waals surface area (Å²) in [5, 5.41) is 5.68. The predicted molar refractivity (Wildman–Crippen MR) is 83.3 cm³/mol. The van der Waals surface area contributed by atoms with Crippen LogP contribution in [0.2, 0.25) is 0 Å². The van der Waals surface area contributed by atoms with Crippen LogP contribution in [-0.2, 0) is 4.74 Å². The fourth-order valence-electron chi connectivity index (χ4n) is 2.79. The number of rotatable bonds is 3. The molecule has 21 heavy (non-hydrogen) atoms. The van der Waals surface area contributed by atoms with Crippen molar-refractivity contribution >= 4 is 11.8 Å². The molecule has 0 saturated carbocycles. The van der Waals surface area contributed by atoms with Crippen molar-refractivity contribution in [1.82, 2.24) is 10.3 Å². The highest BCUT2D eigenvalue weighted by Gasteiger charge is 2.37. The zero-order valence-corrected chi connectivity index (χ0v) is 13.3. The van der Waals surface area contributed by atoms with E-state index >= 15 is 0 Å². The van der Waals surface area contributed by atoms with Crippen molar-refractivity contribution in [2.75, 3.05) is 18.5 Å². The van der Waals surface area contributed by atoms with Gasteiger partial charge in [0.25, 0.3) is 0 Å². The molecule has 0 radical (unpaired) electrons. The molecule has 2 amide bonds. The van der Waals surface area contributed by atoms with E-state index in [1.807, 2.05) is 19.1 Å². The van der Waals surface area contributed by atoms with Crippen LogP contribution < -0.4 is 10.6 Å². The summed E-state index contributed by atoms with van der Waals surface area (Å²) < 4.78 is 5.81. The van der Waals surface area contributed by atoms with Gasteiger partial charge in [0.2, 0.25) is 0 Å². The topological polar surface area (TPSA) is 63.2 Å². The van der Waals surface area contributed by atoms with Crippen LogP contribution in [-0.4, -0.2) is 30.3 Å². The number of pyridine rings is 1. The minimum atomic E-state index is -0.215. The lowest BCUT2D eigenvalue weighted by Crippen LogP contribution is -2.40. The number of carbonyl (C=O) groups excluding carboxylic acids is 1. The first-order valence-corrected chi connectivity index (χ1v) is 7.45. The largest absolute Gasteiger partial charge is 0.377 e. The molecule has 1 aromatic rings. The van der Waals surface area contributed by atoms with Gasteiger partial charge < -0.3 is 10.1 Å². The van der Waals surface area contributed by atoms with E-state index in [1.54, 1.807) is 6.20 Å². The monoisotopic (exact) mass is 291 g/mol. The number of nitrogens with one attached hydrogen (secondary N) is 2. The summed E-state index contributed by atoms with van der Waals surface area (Å²) in [4.78, 5) is 16.1. The van der Waals surface area contributed by atoms with Crippen LogP contribution in [0.5, 0.6) is 0 Å². The molecule has 0 unspecified atom stereocenters. The minimum absolute atomic E-state index is 0.0947. The van der Waals surface area contributed by atoms with Crippen molar-refractivity contribution in [2.24, 2.45) is 11.3 Å². The molecule has 0 aromatic carbocycles. The number of nitrogens with zero attached hydrogens (tertiary/aromatic N) is 1. The maximum Gasteiger partial charge on any atom is 0.320 e. The maximum atomic E-state index is 11.9. The van der Waals surface area contributed by atoms with Crippen molar-refractivity contribution in [3.05, 3.63) is 23.9 Å². The molecular formula is C16H25N3O2. The predicted octanol–water partition coefficient (Wildman–Crippen LogP) is 2.96. The SMILES string of the molecule is Cc1ccnc(NC(=O)NC[C@H]2CCO[C@@H]2C(C)(C)C)c1. The van der Waals surface area contributed by atoms with Crippen molar-refractivity contribution in [2.45, 2.75) is 40.2 Å². The first-order chi connectivity index (χ1) is 9.86. The van der Waals surface area contributed by atoms with Gasteiger partial charge in [0.05, 0.1) is 6.10 Å². The summed E-state index contributed by atoms with van der Waals surface area (Å²) in [7, 11) is 0. The second-order valence-electron chi connectivity index (χ2n) is 6.76. The zero-order valence-electron chi connectivity index (χ0n) is 13.3. The summed E-state index contributed by atoms with van der Waals surface area (Å²) in [6.45, 7) is 9.88. The molecule has 0 aliphatic carbocycles. The van der Waals surface area contributed by atoms with Crippen LogP contribution in [0.4, 0.5) is 10.6 Å². The van der Waals surface area contributed by atoms with Crippen LogP contribution in [0, 0.1) is 18.3 Å². The molecule has 1 aliphatic rings. The fraction of sp³-hybridized carbons (Fsp3) is 0.625. The van der Waals surface area contributed by atoms with E-state index in [9.17, 15) is 4.79 Å². The second kappa shape index (κ2) is 6.43. The molecule has 1 aromatic heterocycles. The van der Waals surface area contributed by atoms with Gasteiger partial charge in [-0.1, -0.05) is 20.8 Å². The van der Waals surface area contributed by atoms with Crippen LogP contribution in [0.1, 0.15) is 32.8 Å². The van der Waals surface area contributed by atoms with Gasteiger partial charge in [-0.2, -0.15) is 0 Å². The molecule has 1 aliphatic heterocycles. The van der Waals surface area contributed by atoms with E-state index in [4.69, 9.17) is 4.74 Å². The Morgan fingerprint density at radius 1 is 1.48 bits per heavy atom. The van der Waals surface area contributed by atoms with Crippen molar-refractivity contribution in [1.29, 1.82) is 0 Å². The van der Waals surface area contributed by atoms with E-state index in [2.05, 4.69) is 36.4 Å².